The van der Waals surface area contributed by atoms with Crippen LogP contribution in [0.3, 0.4) is 0 Å². The Hall–Kier alpha value is -1.96. The van der Waals surface area contributed by atoms with Crippen LogP contribution in [0.25, 0.3) is 0 Å². The van der Waals surface area contributed by atoms with Gasteiger partial charge in [0.15, 0.2) is 0 Å². The molecule has 1 atom stereocenters. The van der Waals surface area contributed by atoms with Crippen LogP contribution in [0.1, 0.15) is 19.8 Å². The van der Waals surface area contributed by atoms with Gasteiger partial charge in [-0.3, -0.25) is 0 Å². The van der Waals surface area contributed by atoms with Crippen LogP contribution in [-0.4, -0.2) is 19.2 Å². The zero-order chi connectivity index (χ0) is 20.8. The van der Waals surface area contributed by atoms with E-state index in [1.807, 2.05) is 0 Å². The van der Waals surface area contributed by atoms with E-state index in [9.17, 15) is 4.79 Å². The standard InChI is InChI=1S/C25H28BrO2P/c1-21(20-25(27)28-2)18-19-29(26,22-12-6-3-7-13-22,23-14-8-4-9-15-23)24-16-10-5-11-17-24/h3-17,21H,18-20H2,1-2H3. The fourth-order valence-corrected chi connectivity index (χ4v) is 11.7. The zero-order valence-electron chi connectivity index (χ0n) is 17.0. The molecule has 3 aromatic rings. The van der Waals surface area contributed by atoms with Crippen LogP contribution in [0.2, 0.25) is 0 Å². The van der Waals surface area contributed by atoms with Gasteiger partial charge in [0.25, 0.3) is 0 Å². The van der Waals surface area contributed by atoms with Crippen molar-refractivity contribution in [2.45, 2.75) is 19.8 Å². The molecule has 0 aliphatic heterocycles. The summed E-state index contributed by atoms with van der Waals surface area (Å²) in [5, 5.41) is 1.02. The Kier molecular flexibility index (Phi) is 6.93. The molecule has 0 spiro atoms. The molecular weight excluding hydrogens is 443 g/mol. The number of rotatable bonds is 8. The van der Waals surface area contributed by atoms with Gasteiger partial charge in [-0.1, -0.05) is 0 Å². The van der Waals surface area contributed by atoms with Crippen molar-refractivity contribution in [2.24, 2.45) is 5.92 Å². The maximum atomic E-state index is 11.8. The minimum atomic E-state index is -2.90. The molecule has 0 saturated carbocycles. The van der Waals surface area contributed by atoms with E-state index in [-0.39, 0.29) is 11.9 Å². The van der Waals surface area contributed by atoms with E-state index in [1.165, 1.54) is 23.0 Å². The van der Waals surface area contributed by atoms with Gasteiger partial charge < -0.3 is 0 Å². The molecule has 2 nitrogen and oxygen atoms in total. The molecule has 0 radical (unpaired) electrons. The molecule has 0 saturated heterocycles. The summed E-state index contributed by atoms with van der Waals surface area (Å²) in [5.41, 5.74) is 0. The number of carbonyl (C=O) groups is 1. The van der Waals surface area contributed by atoms with Gasteiger partial charge in [0, 0.05) is 0 Å². The summed E-state index contributed by atoms with van der Waals surface area (Å²) in [6, 6.07) is 32.3. The van der Waals surface area contributed by atoms with Crippen molar-refractivity contribution in [3.05, 3.63) is 91.0 Å². The van der Waals surface area contributed by atoms with Gasteiger partial charge in [-0.25, -0.2) is 0 Å². The van der Waals surface area contributed by atoms with E-state index in [0.717, 1.165) is 12.6 Å². The minimum absolute atomic E-state index is 0.147. The third-order valence-electron chi connectivity index (χ3n) is 5.67. The molecule has 3 aromatic carbocycles. The first kappa shape index (κ1) is 21.7. The monoisotopic (exact) mass is 470 g/mol. The second kappa shape index (κ2) is 9.24. The Morgan fingerprint density at radius 3 is 1.55 bits per heavy atom. The topological polar surface area (TPSA) is 26.3 Å². The predicted molar refractivity (Wildman–Crippen MR) is 129 cm³/mol. The van der Waals surface area contributed by atoms with Crippen LogP contribution < -0.4 is 15.9 Å². The Labute approximate surface area is 182 Å². The zero-order valence-corrected chi connectivity index (χ0v) is 19.5. The van der Waals surface area contributed by atoms with E-state index in [0.29, 0.717) is 6.42 Å². The van der Waals surface area contributed by atoms with E-state index < -0.39 is 5.31 Å². The first-order valence-corrected chi connectivity index (χ1v) is 14.4. The average molecular weight is 471 g/mol. The molecule has 0 fully saturated rings. The Morgan fingerprint density at radius 2 is 1.21 bits per heavy atom. The second-order valence-corrected chi connectivity index (χ2v) is 16.6. The van der Waals surface area contributed by atoms with Crippen molar-refractivity contribution in [1.29, 1.82) is 0 Å². The Bertz CT molecular complexity index is 829. The van der Waals surface area contributed by atoms with E-state index in [4.69, 9.17) is 4.74 Å². The summed E-state index contributed by atoms with van der Waals surface area (Å²) in [6.07, 6.45) is 2.28. The Morgan fingerprint density at radius 1 is 0.828 bits per heavy atom. The summed E-state index contributed by atoms with van der Waals surface area (Å²) in [4.78, 5) is 11.8. The first-order valence-electron chi connectivity index (χ1n) is 9.95. The fraction of sp³-hybridized carbons (Fsp3) is 0.240. The predicted octanol–water partition coefficient (Wildman–Crippen LogP) is 5.42. The maximum absolute atomic E-state index is 11.8. The quantitative estimate of drug-likeness (QED) is 0.324. The molecule has 0 aliphatic carbocycles. The summed E-state index contributed by atoms with van der Waals surface area (Å²) in [6.45, 7) is 2.13. The van der Waals surface area contributed by atoms with Crippen LogP contribution in [0.5, 0.6) is 0 Å². The van der Waals surface area contributed by atoms with Crippen LogP contribution in [0.15, 0.2) is 91.0 Å². The van der Waals surface area contributed by atoms with Crippen LogP contribution in [-0.2, 0) is 9.53 Å². The third kappa shape index (κ3) is 4.32. The fourth-order valence-electron chi connectivity index (χ4n) is 3.98. The summed E-state index contributed by atoms with van der Waals surface area (Å²) < 4.78 is 4.89. The molecule has 1 unspecified atom stereocenters. The van der Waals surface area contributed by atoms with E-state index in [1.54, 1.807) is 0 Å². The summed E-state index contributed by atoms with van der Waals surface area (Å²) in [5.74, 6) is 0.0872. The van der Waals surface area contributed by atoms with E-state index >= 15 is 0 Å². The van der Waals surface area contributed by atoms with Crippen LogP contribution >= 0.6 is 20.8 Å². The van der Waals surface area contributed by atoms with Crippen molar-refractivity contribution in [1.82, 2.24) is 0 Å². The number of halogens is 1. The molecule has 152 valence electrons. The van der Waals surface area contributed by atoms with Gasteiger partial charge in [0.1, 0.15) is 0 Å². The third-order valence-corrected chi connectivity index (χ3v) is 15.6. The van der Waals surface area contributed by atoms with Gasteiger partial charge in [-0.05, 0) is 0 Å². The number of hydrogen-bond donors (Lipinski definition) is 0. The number of benzene rings is 3. The normalized spacial score (nSPS) is 13.8. The van der Waals surface area contributed by atoms with Crippen molar-refractivity contribution in [2.75, 3.05) is 13.3 Å². The summed E-state index contributed by atoms with van der Waals surface area (Å²) >= 11 is 4.44. The van der Waals surface area contributed by atoms with Crippen molar-refractivity contribution in [3.63, 3.8) is 0 Å². The molecule has 0 amide bonds. The molecule has 0 N–H and O–H groups in total. The van der Waals surface area contributed by atoms with Gasteiger partial charge >= 0.3 is 182 Å². The van der Waals surface area contributed by atoms with Gasteiger partial charge in [-0.2, -0.15) is 0 Å². The van der Waals surface area contributed by atoms with E-state index in [2.05, 4.69) is 113 Å². The van der Waals surface area contributed by atoms with Gasteiger partial charge in [0.2, 0.25) is 0 Å². The molecule has 3 rings (SSSR count). The van der Waals surface area contributed by atoms with Gasteiger partial charge in [0.05, 0.1) is 0 Å². The van der Waals surface area contributed by atoms with Crippen molar-refractivity contribution in [3.8, 4) is 0 Å². The number of methoxy groups -OCH3 is 1. The Balaban J connectivity index is 2.18. The SMILES string of the molecule is COC(=O)CC(C)CCP(Br)(c1ccccc1)(c1ccccc1)c1ccccc1. The van der Waals surface area contributed by atoms with Crippen LogP contribution in [0, 0.1) is 5.92 Å². The van der Waals surface area contributed by atoms with Crippen molar-refractivity contribution >= 4 is 42.7 Å². The molecule has 0 aromatic heterocycles. The number of ether oxygens (including phenoxy) is 1. The number of carbonyl (C=O) groups excluding carboxylic acids is 1. The molecule has 4 heteroatoms. The molecule has 0 heterocycles. The number of esters is 1. The summed E-state index contributed by atoms with van der Waals surface area (Å²) in [7, 11) is 1.46. The average Bonchev–Trinajstić information content (AvgIpc) is 2.79. The van der Waals surface area contributed by atoms with Gasteiger partial charge in [-0.15, -0.1) is 0 Å². The van der Waals surface area contributed by atoms with Crippen LogP contribution in [0.4, 0.5) is 0 Å². The number of hydrogen-bond acceptors (Lipinski definition) is 2. The molecule has 0 aliphatic rings. The molecular formula is C25H28BrO2P. The second-order valence-electron chi connectivity index (χ2n) is 7.59. The molecule has 29 heavy (non-hydrogen) atoms. The van der Waals surface area contributed by atoms with Crippen molar-refractivity contribution < 1.29 is 9.53 Å². The first-order chi connectivity index (χ1) is 14.0. The molecule has 0 bridgehead atoms.